The van der Waals surface area contributed by atoms with Crippen molar-refractivity contribution in [2.24, 2.45) is 17.8 Å². The molecular weight excluding hydrogens is 210 g/mol. The summed E-state index contributed by atoms with van der Waals surface area (Å²) in [6.45, 7) is 2.31. The number of hydrogen-bond acceptors (Lipinski definition) is 2. The quantitative estimate of drug-likeness (QED) is 0.799. The summed E-state index contributed by atoms with van der Waals surface area (Å²) in [6.07, 6.45) is 4.62. The zero-order valence-electron chi connectivity index (χ0n) is 10.2. The van der Waals surface area contributed by atoms with E-state index in [0.29, 0.717) is 12.0 Å². The van der Waals surface area contributed by atoms with Crippen LogP contribution < -0.4 is 5.48 Å². The average molecular weight is 229 g/mol. The molecule has 0 unspecified atom stereocenters. The lowest BCUT2D eigenvalue weighted by atomic mass is 9.71. The van der Waals surface area contributed by atoms with Gasteiger partial charge in [0.2, 0.25) is 0 Å². The van der Waals surface area contributed by atoms with Crippen molar-refractivity contribution in [3.8, 4) is 0 Å². The summed E-state index contributed by atoms with van der Waals surface area (Å²) >= 11 is 0. The fourth-order valence-corrected chi connectivity index (χ4v) is 4.50. The van der Waals surface area contributed by atoms with Gasteiger partial charge in [-0.15, -0.1) is 0 Å². The molecule has 1 aromatic rings. The maximum absolute atomic E-state index is 5.93. The molecule has 2 bridgehead atoms. The molecule has 0 radical (unpaired) electrons. The molecule has 0 amide bonds. The minimum absolute atomic E-state index is 0.0196. The molecule has 2 aliphatic carbocycles. The van der Waals surface area contributed by atoms with Gasteiger partial charge in [0.05, 0.1) is 11.6 Å². The van der Waals surface area contributed by atoms with Crippen molar-refractivity contribution in [3.05, 3.63) is 35.9 Å². The first-order chi connectivity index (χ1) is 8.29. The Morgan fingerprint density at radius 3 is 2.76 bits per heavy atom. The molecule has 1 N–H and O–H groups in total. The van der Waals surface area contributed by atoms with Gasteiger partial charge in [-0.05, 0) is 43.6 Å². The van der Waals surface area contributed by atoms with Gasteiger partial charge in [0.1, 0.15) is 0 Å². The first-order valence-corrected chi connectivity index (χ1v) is 6.77. The molecule has 3 aliphatic rings. The maximum Gasteiger partial charge on any atom is 0.0871 e. The van der Waals surface area contributed by atoms with Gasteiger partial charge >= 0.3 is 0 Å². The van der Waals surface area contributed by atoms with Crippen LogP contribution in [0.15, 0.2) is 30.3 Å². The van der Waals surface area contributed by atoms with E-state index in [9.17, 15) is 0 Å². The molecule has 4 rings (SSSR count). The number of nitrogens with one attached hydrogen (secondary N) is 1. The minimum Gasteiger partial charge on any atom is -0.297 e. The van der Waals surface area contributed by atoms with E-state index in [0.717, 1.165) is 11.8 Å². The third kappa shape index (κ3) is 1.23. The summed E-state index contributed by atoms with van der Waals surface area (Å²) in [5.74, 6) is 2.34. The van der Waals surface area contributed by atoms with Gasteiger partial charge in [0.15, 0.2) is 0 Å². The van der Waals surface area contributed by atoms with E-state index in [4.69, 9.17) is 4.84 Å². The Morgan fingerprint density at radius 1 is 1.18 bits per heavy atom. The number of hydrogen-bond donors (Lipinski definition) is 1. The Morgan fingerprint density at radius 2 is 1.94 bits per heavy atom. The smallest absolute Gasteiger partial charge is 0.0871 e. The van der Waals surface area contributed by atoms with Crippen LogP contribution in [0.2, 0.25) is 0 Å². The summed E-state index contributed by atoms with van der Waals surface area (Å²) in [6, 6.07) is 10.8. The molecule has 1 saturated heterocycles. The number of hydroxylamine groups is 1. The molecule has 5 atom stereocenters. The lowest BCUT2D eigenvalue weighted by Crippen LogP contribution is -2.41. The number of benzene rings is 1. The highest BCUT2D eigenvalue weighted by Gasteiger charge is 2.60. The zero-order valence-corrected chi connectivity index (χ0v) is 10.2. The Kier molecular flexibility index (Phi) is 1.98. The summed E-state index contributed by atoms with van der Waals surface area (Å²) in [5, 5.41) is 0. The van der Waals surface area contributed by atoms with Crippen molar-refractivity contribution in [3.63, 3.8) is 0 Å². The fourth-order valence-electron chi connectivity index (χ4n) is 4.50. The molecule has 2 nitrogen and oxygen atoms in total. The van der Waals surface area contributed by atoms with E-state index >= 15 is 0 Å². The summed E-state index contributed by atoms with van der Waals surface area (Å²) in [5.41, 5.74) is 4.75. The van der Waals surface area contributed by atoms with Crippen LogP contribution in [-0.2, 0) is 10.4 Å². The van der Waals surface area contributed by atoms with E-state index in [-0.39, 0.29) is 5.54 Å². The van der Waals surface area contributed by atoms with Gasteiger partial charge < -0.3 is 0 Å². The Labute approximate surface area is 102 Å². The van der Waals surface area contributed by atoms with Gasteiger partial charge in [0.25, 0.3) is 0 Å². The van der Waals surface area contributed by atoms with E-state index in [1.165, 1.54) is 24.8 Å². The maximum atomic E-state index is 5.93. The Bertz CT molecular complexity index is 432. The van der Waals surface area contributed by atoms with E-state index in [1.54, 1.807) is 0 Å². The third-order valence-corrected chi connectivity index (χ3v) is 5.29. The van der Waals surface area contributed by atoms with Gasteiger partial charge in [-0.25, -0.2) is 0 Å². The zero-order chi connectivity index (χ0) is 11.5. The molecule has 0 spiro atoms. The summed E-state index contributed by atoms with van der Waals surface area (Å²) in [7, 11) is 0. The second-order valence-corrected chi connectivity index (χ2v) is 6.11. The fraction of sp³-hybridized carbons (Fsp3) is 0.600. The van der Waals surface area contributed by atoms with Crippen LogP contribution in [0.1, 0.15) is 31.7 Å². The van der Waals surface area contributed by atoms with Crippen LogP contribution in [0.4, 0.5) is 0 Å². The monoisotopic (exact) mass is 229 g/mol. The van der Waals surface area contributed by atoms with Crippen molar-refractivity contribution < 1.29 is 4.84 Å². The standard InChI is InChI=1S/C15H19NO/c1-15(12-5-3-2-4-6-12)13-10-7-8-11(9-10)14(13)17-16-15/h2-6,10-11,13-14,16H,7-9H2,1H3/t10-,11+,13+,14-,15+/m0/s1. The van der Waals surface area contributed by atoms with Crippen LogP contribution >= 0.6 is 0 Å². The molecule has 90 valence electrons. The Balaban J connectivity index is 1.75. The summed E-state index contributed by atoms with van der Waals surface area (Å²) < 4.78 is 0. The normalized spacial score (nSPS) is 47.4. The Hall–Kier alpha value is -0.860. The van der Waals surface area contributed by atoms with E-state index in [2.05, 4.69) is 42.7 Å². The largest absolute Gasteiger partial charge is 0.297 e. The van der Waals surface area contributed by atoms with Crippen LogP contribution in [0, 0.1) is 17.8 Å². The highest BCUT2D eigenvalue weighted by atomic mass is 16.7. The van der Waals surface area contributed by atoms with Crippen LogP contribution in [0.25, 0.3) is 0 Å². The minimum atomic E-state index is 0.0196. The predicted octanol–water partition coefficient (Wildman–Crippen LogP) is 2.85. The molecule has 0 aromatic heterocycles. The lowest BCUT2D eigenvalue weighted by molar-refractivity contribution is -0.0134. The second-order valence-electron chi connectivity index (χ2n) is 6.11. The van der Waals surface area contributed by atoms with Crippen molar-refractivity contribution in [2.45, 2.75) is 37.8 Å². The van der Waals surface area contributed by atoms with Crippen molar-refractivity contribution in [1.82, 2.24) is 5.48 Å². The number of rotatable bonds is 1. The molecule has 1 aromatic carbocycles. The van der Waals surface area contributed by atoms with Crippen LogP contribution in [0.3, 0.4) is 0 Å². The first-order valence-electron chi connectivity index (χ1n) is 6.77. The molecule has 1 heterocycles. The highest BCUT2D eigenvalue weighted by Crippen LogP contribution is 2.58. The number of fused-ring (bicyclic) bond motifs is 5. The molecule has 2 heteroatoms. The van der Waals surface area contributed by atoms with Crippen molar-refractivity contribution in [1.29, 1.82) is 0 Å². The molecule has 1 aliphatic heterocycles. The van der Waals surface area contributed by atoms with E-state index in [1.807, 2.05) is 0 Å². The second kappa shape index (κ2) is 3.33. The molecule has 17 heavy (non-hydrogen) atoms. The van der Waals surface area contributed by atoms with E-state index < -0.39 is 0 Å². The SMILES string of the molecule is C[C@]1(c2ccccc2)NO[C@H]2[C@@H]3CC[C@@H](C3)[C@H]21. The molecule has 3 fully saturated rings. The third-order valence-electron chi connectivity index (χ3n) is 5.29. The highest BCUT2D eigenvalue weighted by molar-refractivity contribution is 5.28. The topological polar surface area (TPSA) is 21.3 Å². The van der Waals surface area contributed by atoms with Gasteiger partial charge in [-0.3, -0.25) is 4.84 Å². The van der Waals surface area contributed by atoms with Gasteiger partial charge in [-0.2, -0.15) is 5.48 Å². The average Bonchev–Trinajstić information content (AvgIpc) is 3.04. The van der Waals surface area contributed by atoms with Crippen LogP contribution in [0.5, 0.6) is 0 Å². The lowest BCUT2D eigenvalue weighted by Gasteiger charge is -2.34. The van der Waals surface area contributed by atoms with Crippen LogP contribution in [-0.4, -0.2) is 6.10 Å². The molecule has 2 saturated carbocycles. The first kappa shape index (κ1) is 10.1. The predicted molar refractivity (Wildman–Crippen MR) is 66.1 cm³/mol. The van der Waals surface area contributed by atoms with Crippen molar-refractivity contribution >= 4 is 0 Å². The van der Waals surface area contributed by atoms with Gasteiger partial charge in [-0.1, -0.05) is 30.3 Å². The molecular formula is C15H19NO. The summed E-state index contributed by atoms with van der Waals surface area (Å²) in [4.78, 5) is 5.93. The van der Waals surface area contributed by atoms with Gasteiger partial charge in [0, 0.05) is 5.92 Å². The van der Waals surface area contributed by atoms with Crippen molar-refractivity contribution in [2.75, 3.05) is 0 Å².